The van der Waals surface area contributed by atoms with Crippen LogP contribution in [-0.2, 0) is 5.75 Å². The van der Waals surface area contributed by atoms with E-state index < -0.39 is 0 Å². The van der Waals surface area contributed by atoms with Gasteiger partial charge in [-0.05, 0) is 19.1 Å². The minimum atomic E-state index is -0.154. The van der Waals surface area contributed by atoms with Crippen LogP contribution in [-0.4, -0.2) is 26.7 Å². The average Bonchev–Trinajstić information content (AvgIpc) is 3.33. The van der Waals surface area contributed by atoms with Crippen molar-refractivity contribution >= 4 is 49.8 Å². The Balaban J connectivity index is 1.58. The summed E-state index contributed by atoms with van der Waals surface area (Å²) in [6.45, 7) is 2.82. The fourth-order valence-electron chi connectivity index (χ4n) is 2.30. The number of thioether (sulfide) groups is 1. The van der Waals surface area contributed by atoms with E-state index in [1.54, 1.807) is 12.3 Å². The number of furan rings is 1. The predicted octanol–water partition coefficient (Wildman–Crippen LogP) is 3.82. The Bertz CT molecular complexity index is 1050. The van der Waals surface area contributed by atoms with Gasteiger partial charge in [-0.1, -0.05) is 23.1 Å². The van der Waals surface area contributed by atoms with E-state index >= 15 is 0 Å². The van der Waals surface area contributed by atoms with E-state index in [0.717, 1.165) is 21.6 Å². The first-order valence-corrected chi connectivity index (χ1v) is 10.2. The van der Waals surface area contributed by atoms with Crippen LogP contribution < -0.4 is 10.9 Å². The fourth-order valence-corrected chi connectivity index (χ4v) is 4.93. The van der Waals surface area contributed by atoms with E-state index in [-0.39, 0.29) is 5.56 Å². The topological polar surface area (TPSA) is 96.7 Å². The molecular formula is C15H13N5O2S3. The molecule has 7 nitrogen and oxygen atoms in total. The number of rotatable bonds is 6. The lowest BCUT2D eigenvalue weighted by Gasteiger charge is -1.99. The van der Waals surface area contributed by atoms with Gasteiger partial charge < -0.3 is 14.7 Å². The third-order valence-corrected chi connectivity index (χ3v) is 6.24. The summed E-state index contributed by atoms with van der Waals surface area (Å²) in [6, 6.07) is 3.64. The van der Waals surface area contributed by atoms with Crippen molar-refractivity contribution < 1.29 is 4.42 Å². The number of anilines is 1. The second-order valence-corrected chi connectivity index (χ2v) is 8.07. The van der Waals surface area contributed by atoms with Crippen molar-refractivity contribution in [1.29, 1.82) is 0 Å². The van der Waals surface area contributed by atoms with E-state index in [4.69, 9.17) is 4.42 Å². The van der Waals surface area contributed by atoms with Gasteiger partial charge in [-0.15, -0.1) is 21.5 Å². The summed E-state index contributed by atoms with van der Waals surface area (Å²) in [6.07, 6.45) is 1.59. The van der Waals surface area contributed by atoms with Crippen LogP contribution in [0.15, 0.2) is 37.3 Å². The smallest absolute Gasteiger partial charge is 0.260 e. The van der Waals surface area contributed by atoms with Gasteiger partial charge in [0, 0.05) is 17.5 Å². The van der Waals surface area contributed by atoms with Crippen LogP contribution in [0, 0.1) is 0 Å². The number of H-pyrrole nitrogens is 1. The molecule has 0 saturated carbocycles. The second-order valence-electron chi connectivity index (χ2n) is 5.01. The zero-order valence-corrected chi connectivity index (χ0v) is 15.6. The minimum absolute atomic E-state index is 0.154. The van der Waals surface area contributed by atoms with E-state index in [9.17, 15) is 4.79 Å². The van der Waals surface area contributed by atoms with Crippen LogP contribution in [0.5, 0.6) is 0 Å². The Kier molecular flexibility index (Phi) is 4.55. The number of nitrogens with zero attached hydrogens (tertiary/aromatic N) is 3. The molecule has 0 fully saturated rings. The van der Waals surface area contributed by atoms with E-state index in [2.05, 4.69) is 25.5 Å². The summed E-state index contributed by atoms with van der Waals surface area (Å²) in [7, 11) is 0. The molecule has 0 saturated heterocycles. The van der Waals surface area contributed by atoms with Crippen molar-refractivity contribution in [1.82, 2.24) is 20.2 Å². The highest BCUT2D eigenvalue weighted by Crippen LogP contribution is 2.32. The number of hydrogen-bond acceptors (Lipinski definition) is 9. The van der Waals surface area contributed by atoms with Gasteiger partial charge in [0.25, 0.3) is 5.56 Å². The molecule has 0 atom stereocenters. The summed E-state index contributed by atoms with van der Waals surface area (Å²) < 4.78 is 6.24. The van der Waals surface area contributed by atoms with Crippen LogP contribution in [0.3, 0.4) is 0 Å². The largest absolute Gasteiger partial charge is 0.464 e. The molecule has 0 aliphatic heterocycles. The standard InChI is InChI=1S/C15H13N5O2S3/c1-2-16-14-19-20-15(25-14)24-7-10-17-12(21)11-8(6-23-13(11)18-10)9-4-3-5-22-9/h3-6H,2,7H2,1H3,(H,16,19)(H,17,18,21). The first-order valence-electron chi connectivity index (χ1n) is 7.49. The lowest BCUT2D eigenvalue weighted by molar-refractivity contribution is 0.583. The number of hydrogen-bond donors (Lipinski definition) is 2. The first kappa shape index (κ1) is 16.3. The summed E-state index contributed by atoms with van der Waals surface area (Å²) in [5.74, 6) is 1.82. The zero-order chi connectivity index (χ0) is 17.2. The maximum absolute atomic E-state index is 12.5. The van der Waals surface area contributed by atoms with Crippen LogP contribution in [0.1, 0.15) is 12.7 Å². The Morgan fingerprint density at radius 2 is 2.32 bits per heavy atom. The molecule has 0 radical (unpaired) electrons. The molecule has 0 unspecified atom stereocenters. The van der Waals surface area contributed by atoms with Crippen molar-refractivity contribution in [2.45, 2.75) is 17.0 Å². The molecule has 0 aromatic carbocycles. The van der Waals surface area contributed by atoms with Gasteiger partial charge in [0.05, 0.1) is 17.4 Å². The third-order valence-electron chi connectivity index (χ3n) is 3.35. The predicted molar refractivity (Wildman–Crippen MR) is 102 cm³/mol. The number of thiophene rings is 1. The SMILES string of the molecule is CCNc1nnc(SCc2nc3scc(-c4ccco4)c3c(=O)[nH]2)s1. The summed E-state index contributed by atoms with van der Waals surface area (Å²) >= 11 is 4.42. The summed E-state index contributed by atoms with van der Waals surface area (Å²) in [5, 5.41) is 14.6. The lowest BCUT2D eigenvalue weighted by Crippen LogP contribution is -2.10. The molecule has 4 heterocycles. The minimum Gasteiger partial charge on any atom is -0.464 e. The fraction of sp³-hybridized carbons (Fsp3) is 0.200. The van der Waals surface area contributed by atoms with Gasteiger partial charge in [0.1, 0.15) is 16.4 Å². The zero-order valence-electron chi connectivity index (χ0n) is 13.1. The van der Waals surface area contributed by atoms with Crippen LogP contribution >= 0.6 is 34.4 Å². The molecule has 0 spiro atoms. The molecule has 0 bridgehead atoms. The van der Waals surface area contributed by atoms with Crippen molar-refractivity contribution in [2.75, 3.05) is 11.9 Å². The van der Waals surface area contributed by atoms with Gasteiger partial charge in [-0.3, -0.25) is 4.79 Å². The number of aromatic amines is 1. The summed E-state index contributed by atoms with van der Waals surface area (Å²) in [4.78, 5) is 20.6. The molecular weight excluding hydrogens is 378 g/mol. The Morgan fingerprint density at radius 1 is 1.40 bits per heavy atom. The van der Waals surface area contributed by atoms with Gasteiger partial charge in [-0.25, -0.2) is 4.98 Å². The summed E-state index contributed by atoms with van der Waals surface area (Å²) in [5.41, 5.74) is 0.621. The Hall–Kier alpha value is -2.17. The Labute approximate surface area is 154 Å². The monoisotopic (exact) mass is 391 g/mol. The molecule has 4 aromatic rings. The van der Waals surface area contributed by atoms with Crippen molar-refractivity contribution in [3.05, 3.63) is 40.0 Å². The van der Waals surface area contributed by atoms with Gasteiger partial charge in [0.15, 0.2) is 4.34 Å². The number of aromatic nitrogens is 4. The van der Waals surface area contributed by atoms with Gasteiger partial charge in [-0.2, -0.15) is 0 Å². The highest BCUT2D eigenvalue weighted by molar-refractivity contribution is 8.00. The van der Waals surface area contributed by atoms with Crippen LogP contribution in [0.25, 0.3) is 21.5 Å². The molecule has 10 heteroatoms. The highest BCUT2D eigenvalue weighted by atomic mass is 32.2. The van der Waals surface area contributed by atoms with E-state index in [0.29, 0.717) is 27.6 Å². The maximum Gasteiger partial charge on any atom is 0.260 e. The quantitative estimate of drug-likeness (QED) is 0.482. The maximum atomic E-state index is 12.5. The van der Waals surface area contributed by atoms with E-state index in [1.165, 1.54) is 34.4 Å². The molecule has 4 aromatic heterocycles. The van der Waals surface area contributed by atoms with Crippen LogP contribution in [0.4, 0.5) is 5.13 Å². The first-order chi connectivity index (χ1) is 12.2. The molecule has 0 aliphatic carbocycles. The third kappa shape index (κ3) is 3.32. The van der Waals surface area contributed by atoms with Crippen molar-refractivity contribution in [3.63, 3.8) is 0 Å². The molecule has 25 heavy (non-hydrogen) atoms. The molecule has 0 amide bonds. The lowest BCUT2D eigenvalue weighted by atomic mass is 10.2. The van der Waals surface area contributed by atoms with Crippen molar-refractivity contribution in [3.8, 4) is 11.3 Å². The van der Waals surface area contributed by atoms with E-state index in [1.807, 2.05) is 18.4 Å². The normalized spacial score (nSPS) is 11.2. The van der Waals surface area contributed by atoms with Crippen LogP contribution in [0.2, 0.25) is 0 Å². The van der Waals surface area contributed by atoms with Gasteiger partial charge >= 0.3 is 0 Å². The molecule has 0 aliphatic rings. The molecule has 128 valence electrons. The van der Waals surface area contributed by atoms with Gasteiger partial charge in [0.2, 0.25) is 5.13 Å². The molecule has 4 rings (SSSR count). The van der Waals surface area contributed by atoms with Crippen molar-refractivity contribution in [2.24, 2.45) is 0 Å². The average molecular weight is 392 g/mol. The highest BCUT2D eigenvalue weighted by Gasteiger charge is 2.15. The number of fused-ring (bicyclic) bond motifs is 1. The number of nitrogens with one attached hydrogen (secondary N) is 2. The molecule has 2 N–H and O–H groups in total. The Morgan fingerprint density at radius 3 is 3.12 bits per heavy atom. The second kappa shape index (κ2) is 6.98.